The predicted molar refractivity (Wildman–Crippen MR) is 73.7 cm³/mol. The van der Waals surface area contributed by atoms with Crippen molar-refractivity contribution < 1.29 is 5.11 Å². The standard InChI is InChI=1S/C14H16N4O/c1-2-5-10(19)9-16-14-11-6-3-4-7-12(11)17-18-13(14)8-15/h3-4,6-7,10,19H,2,5,9H2,1H3,(H,16,17). The summed E-state index contributed by atoms with van der Waals surface area (Å²) in [5, 5.41) is 30.7. The molecule has 1 heterocycles. The molecule has 5 heteroatoms. The molecule has 98 valence electrons. The van der Waals surface area contributed by atoms with Crippen LogP contribution in [0.2, 0.25) is 0 Å². The van der Waals surface area contributed by atoms with Crippen LogP contribution in [0.1, 0.15) is 25.5 Å². The molecule has 0 aliphatic carbocycles. The van der Waals surface area contributed by atoms with Gasteiger partial charge in [0.15, 0.2) is 5.69 Å². The summed E-state index contributed by atoms with van der Waals surface area (Å²) in [5.74, 6) is 0. The van der Waals surface area contributed by atoms with Crippen molar-refractivity contribution in [3.63, 3.8) is 0 Å². The molecule has 0 saturated heterocycles. The van der Waals surface area contributed by atoms with E-state index in [4.69, 9.17) is 5.26 Å². The van der Waals surface area contributed by atoms with E-state index >= 15 is 0 Å². The number of fused-ring (bicyclic) bond motifs is 1. The number of benzene rings is 1. The van der Waals surface area contributed by atoms with Gasteiger partial charge in [-0.1, -0.05) is 31.5 Å². The molecule has 1 aromatic carbocycles. The number of aromatic nitrogens is 2. The molecule has 0 spiro atoms. The first-order valence-corrected chi connectivity index (χ1v) is 6.33. The van der Waals surface area contributed by atoms with E-state index in [1.807, 2.05) is 37.3 Å². The number of hydrogen-bond donors (Lipinski definition) is 2. The Balaban J connectivity index is 2.32. The molecule has 5 nitrogen and oxygen atoms in total. The summed E-state index contributed by atoms with van der Waals surface area (Å²) in [7, 11) is 0. The van der Waals surface area contributed by atoms with Gasteiger partial charge in [0.1, 0.15) is 6.07 Å². The minimum Gasteiger partial charge on any atom is -0.391 e. The lowest BCUT2D eigenvalue weighted by molar-refractivity contribution is 0.176. The second-order valence-electron chi connectivity index (χ2n) is 4.38. The molecule has 0 bridgehead atoms. The summed E-state index contributed by atoms with van der Waals surface area (Å²) < 4.78 is 0. The fraction of sp³-hybridized carbons (Fsp3) is 0.357. The van der Waals surface area contributed by atoms with Crippen molar-refractivity contribution in [1.29, 1.82) is 5.26 Å². The first-order chi connectivity index (χ1) is 9.26. The molecule has 0 aliphatic rings. The van der Waals surface area contributed by atoms with Crippen LogP contribution in [0.3, 0.4) is 0 Å². The Morgan fingerprint density at radius 2 is 2.16 bits per heavy atom. The maximum Gasteiger partial charge on any atom is 0.186 e. The van der Waals surface area contributed by atoms with Crippen LogP contribution < -0.4 is 5.32 Å². The van der Waals surface area contributed by atoms with Gasteiger partial charge in [-0.15, -0.1) is 10.2 Å². The smallest absolute Gasteiger partial charge is 0.186 e. The average molecular weight is 256 g/mol. The van der Waals surface area contributed by atoms with Gasteiger partial charge in [-0.25, -0.2) is 0 Å². The normalized spacial score (nSPS) is 12.1. The van der Waals surface area contributed by atoms with Crippen LogP contribution in [0, 0.1) is 11.3 Å². The van der Waals surface area contributed by atoms with Crippen molar-refractivity contribution in [3.05, 3.63) is 30.0 Å². The summed E-state index contributed by atoms with van der Waals surface area (Å²) in [5.41, 5.74) is 1.62. The molecule has 0 aliphatic heterocycles. The molecule has 0 saturated carbocycles. The Kier molecular flexibility index (Phi) is 4.26. The predicted octanol–water partition coefficient (Wildman–Crippen LogP) is 2.07. The summed E-state index contributed by atoms with van der Waals surface area (Å²) >= 11 is 0. The Morgan fingerprint density at radius 1 is 1.37 bits per heavy atom. The molecule has 2 N–H and O–H groups in total. The summed E-state index contributed by atoms with van der Waals surface area (Å²) in [6.07, 6.45) is 1.22. The molecule has 2 aromatic rings. The number of rotatable bonds is 5. The number of nitriles is 1. The van der Waals surface area contributed by atoms with E-state index in [0.29, 0.717) is 12.2 Å². The number of hydrogen-bond acceptors (Lipinski definition) is 5. The van der Waals surface area contributed by atoms with Gasteiger partial charge in [-0.2, -0.15) is 5.26 Å². The summed E-state index contributed by atoms with van der Waals surface area (Å²) in [4.78, 5) is 0. The van der Waals surface area contributed by atoms with E-state index in [9.17, 15) is 5.11 Å². The molecule has 1 unspecified atom stereocenters. The number of anilines is 1. The van der Waals surface area contributed by atoms with Gasteiger partial charge < -0.3 is 10.4 Å². The van der Waals surface area contributed by atoms with Crippen molar-refractivity contribution in [2.75, 3.05) is 11.9 Å². The van der Waals surface area contributed by atoms with E-state index in [1.165, 1.54) is 0 Å². The molecule has 1 atom stereocenters. The lowest BCUT2D eigenvalue weighted by Gasteiger charge is -2.13. The Bertz CT molecular complexity index is 606. The maximum absolute atomic E-state index is 9.76. The third-order valence-electron chi connectivity index (χ3n) is 2.91. The molecular weight excluding hydrogens is 240 g/mol. The van der Waals surface area contributed by atoms with Crippen LogP contribution >= 0.6 is 0 Å². The Labute approximate surface area is 111 Å². The quantitative estimate of drug-likeness (QED) is 0.855. The molecule has 0 radical (unpaired) electrons. The molecule has 19 heavy (non-hydrogen) atoms. The van der Waals surface area contributed by atoms with Crippen LogP contribution in [-0.2, 0) is 0 Å². The first-order valence-electron chi connectivity index (χ1n) is 6.33. The third-order valence-corrected chi connectivity index (χ3v) is 2.91. The van der Waals surface area contributed by atoms with Crippen LogP contribution in [0.4, 0.5) is 5.69 Å². The van der Waals surface area contributed by atoms with E-state index < -0.39 is 6.10 Å². The first kappa shape index (κ1) is 13.2. The van der Waals surface area contributed by atoms with E-state index in [2.05, 4.69) is 15.5 Å². The van der Waals surface area contributed by atoms with Crippen LogP contribution in [0.5, 0.6) is 0 Å². The SMILES string of the molecule is CCCC(O)CNc1c(C#N)nnc2ccccc12. The number of aliphatic hydroxyl groups excluding tert-OH is 1. The van der Waals surface area contributed by atoms with Crippen molar-refractivity contribution in [1.82, 2.24) is 10.2 Å². The topological polar surface area (TPSA) is 81.8 Å². The van der Waals surface area contributed by atoms with Gasteiger partial charge in [-0.3, -0.25) is 0 Å². The van der Waals surface area contributed by atoms with Crippen molar-refractivity contribution in [3.8, 4) is 6.07 Å². The van der Waals surface area contributed by atoms with Gasteiger partial charge >= 0.3 is 0 Å². The lowest BCUT2D eigenvalue weighted by Crippen LogP contribution is -2.20. The third kappa shape index (κ3) is 2.98. The minimum atomic E-state index is -0.427. The largest absolute Gasteiger partial charge is 0.391 e. The van der Waals surface area contributed by atoms with E-state index in [0.717, 1.165) is 23.7 Å². The molecular formula is C14H16N4O. The Hall–Kier alpha value is -2.19. The van der Waals surface area contributed by atoms with E-state index in [1.54, 1.807) is 0 Å². The fourth-order valence-electron chi connectivity index (χ4n) is 1.97. The van der Waals surface area contributed by atoms with Crippen molar-refractivity contribution in [2.24, 2.45) is 0 Å². The highest BCUT2D eigenvalue weighted by Crippen LogP contribution is 2.23. The zero-order valence-corrected chi connectivity index (χ0v) is 10.8. The van der Waals surface area contributed by atoms with Crippen LogP contribution in [0.15, 0.2) is 24.3 Å². The highest BCUT2D eigenvalue weighted by atomic mass is 16.3. The fourth-order valence-corrected chi connectivity index (χ4v) is 1.97. The van der Waals surface area contributed by atoms with Crippen molar-refractivity contribution >= 4 is 16.6 Å². The van der Waals surface area contributed by atoms with Gasteiger partial charge in [0, 0.05) is 11.9 Å². The van der Waals surface area contributed by atoms with E-state index in [-0.39, 0.29) is 5.69 Å². The van der Waals surface area contributed by atoms with Gasteiger partial charge in [0.25, 0.3) is 0 Å². The lowest BCUT2D eigenvalue weighted by atomic mass is 10.1. The zero-order valence-electron chi connectivity index (χ0n) is 10.8. The monoisotopic (exact) mass is 256 g/mol. The minimum absolute atomic E-state index is 0.252. The second kappa shape index (κ2) is 6.12. The molecule has 2 rings (SSSR count). The average Bonchev–Trinajstić information content (AvgIpc) is 2.44. The van der Waals surface area contributed by atoms with Crippen LogP contribution in [0.25, 0.3) is 10.9 Å². The van der Waals surface area contributed by atoms with Gasteiger partial charge in [0.05, 0.1) is 17.3 Å². The molecule has 0 amide bonds. The summed E-state index contributed by atoms with van der Waals surface area (Å²) in [6, 6.07) is 9.52. The molecule has 1 aromatic heterocycles. The second-order valence-corrected chi connectivity index (χ2v) is 4.38. The highest BCUT2D eigenvalue weighted by molar-refractivity contribution is 5.92. The number of nitrogens with zero attached hydrogens (tertiary/aromatic N) is 3. The van der Waals surface area contributed by atoms with Gasteiger partial charge in [0.2, 0.25) is 0 Å². The number of nitrogens with one attached hydrogen (secondary N) is 1. The summed E-state index contributed by atoms with van der Waals surface area (Å²) in [6.45, 7) is 2.42. The number of aliphatic hydroxyl groups is 1. The maximum atomic E-state index is 9.76. The van der Waals surface area contributed by atoms with Crippen molar-refractivity contribution in [2.45, 2.75) is 25.9 Å². The molecule has 0 fully saturated rings. The van der Waals surface area contributed by atoms with Crippen LogP contribution in [-0.4, -0.2) is 28.0 Å². The highest BCUT2D eigenvalue weighted by Gasteiger charge is 2.11. The van der Waals surface area contributed by atoms with Gasteiger partial charge in [-0.05, 0) is 12.5 Å². The Morgan fingerprint density at radius 3 is 2.89 bits per heavy atom. The zero-order chi connectivity index (χ0) is 13.7.